The highest BCUT2D eigenvalue weighted by atomic mass is 35.5. The number of aliphatic hydroxyl groups excluding tert-OH is 2. The molecule has 0 aliphatic rings. The van der Waals surface area contributed by atoms with E-state index >= 15 is 0 Å². The number of halogens is 1. The van der Waals surface area contributed by atoms with Crippen LogP contribution in [0.1, 0.15) is 10.4 Å². The van der Waals surface area contributed by atoms with Gasteiger partial charge in [0, 0.05) is 13.1 Å². The zero-order chi connectivity index (χ0) is 14.6. The fourth-order valence-electron chi connectivity index (χ4n) is 1.34. The highest BCUT2D eigenvalue weighted by Crippen LogP contribution is 2.32. The SMILES string of the molecule is NC(=O)c1cc(S(=O)(=O)N(CCO)CCO)sc1Cl. The van der Waals surface area contributed by atoms with Gasteiger partial charge in [0.1, 0.15) is 8.55 Å². The molecule has 19 heavy (non-hydrogen) atoms. The number of rotatable bonds is 7. The van der Waals surface area contributed by atoms with E-state index in [0.717, 1.165) is 10.4 Å². The Morgan fingerprint density at radius 2 is 1.89 bits per heavy atom. The summed E-state index contributed by atoms with van der Waals surface area (Å²) in [6, 6.07) is 1.09. The summed E-state index contributed by atoms with van der Waals surface area (Å²) in [4.78, 5) is 11.0. The van der Waals surface area contributed by atoms with Crippen molar-refractivity contribution >= 4 is 38.9 Å². The third kappa shape index (κ3) is 3.65. The van der Waals surface area contributed by atoms with Crippen molar-refractivity contribution in [2.45, 2.75) is 4.21 Å². The molecule has 1 aromatic rings. The molecule has 0 atom stereocenters. The predicted molar refractivity (Wildman–Crippen MR) is 70.8 cm³/mol. The molecule has 1 aromatic heterocycles. The van der Waals surface area contributed by atoms with Crippen molar-refractivity contribution in [3.8, 4) is 0 Å². The lowest BCUT2D eigenvalue weighted by molar-refractivity contribution is 0.100. The quantitative estimate of drug-likeness (QED) is 0.621. The Labute approximate surface area is 119 Å². The third-order valence-electron chi connectivity index (χ3n) is 2.22. The van der Waals surface area contributed by atoms with Crippen LogP contribution in [0.5, 0.6) is 0 Å². The summed E-state index contributed by atoms with van der Waals surface area (Å²) in [5, 5.41) is 17.7. The maximum absolute atomic E-state index is 12.2. The molecule has 0 saturated carbocycles. The first-order valence-electron chi connectivity index (χ1n) is 5.15. The number of carbonyl (C=O) groups is 1. The standard InChI is InChI=1S/C9H13ClN2O5S2/c10-8-6(9(11)15)5-7(18-8)19(16,17)12(1-3-13)2-4-14/h5,13-14H,1-4H2,(H2,11,15). The van der Waals surface area contributed by atoms with Crippen LogP contribution in [-0.4, -0.2) is 55.1 Å². The van der Waals surface area contributed by atoms with Crippen molar-refractivity contribution in [3.05, 3.63) is 16.0 Å². The van der Waals surface area contributed by atoms with Gasteiger partial charge in [-0.1, -0.05) is 11.6 Å². The summed E-state index contributed by atoms with van der Waals surface area (Å²) in [6.07, 6.45) is 0. The predicted octanol–water partition coefficient (Wildman–Crippen LogP) is -0.524. The first-order valence-corrected chi connectivity index (χ1v) is 7.79. The van der Waals surface area contributed by atoms with E-state index in [0.29, 0.717) is 11.3 Å². The van der Waals surface area contributed by atoms with Gasteiger partial charge in [-0.25, -0.2) is 8.42 Å². The number of thiophene rings is 1. The molecule has 4 N–H and O–H groups in total. The zero-order valence-electron chi connectivity index (χ0n) is 9.74. The summed E-state index contributed by atoms with van der Waals surface area (Å²) in [7, 11) is -3.92. The van der Waals surface area contributed by atoms with Crippen molar-refractivity contribution in [2.75, 3.05) is 26.3 Å². The van der Waals surface area contributed by atoms with E-state index in [4.69, 9.17) is 27.5 Å². The number of nitrogens with two attached hydrogens (primary N) is 1. The van der Waals surface area contributed by atoms with Gasteiger partial charge in [0.25, 0.3) is 15.9 Å². The lowest BCUT2D eigenvalue weighted by Crippen LogP contribution is -2.35. The zero-order valence-corrected chi connectivity index (χ0v) is 12.1. The molecule has 7 nitrogen and oxygen atoms in total. The molecule has 1 amide bonds. The summed E-state index contributed by atoms with van der Waals surface area (Å²) in [5.74, 6) is -0.821. The second-order valence-corrected chi connectivity index (χ2v) is 7.29. The van der Waals surface area contributed by atoms with E-state index in [1.54, 1.807) is 0 Å². The van der Waals surface area contributed by atoms with Crippen LogP contribution < -0.4 is 5.73 Å². The van der Waals surface area contributed by atoms with Crippen LogP contribution in [0, 0.1) is 0 Å². The third-order valence-corrected chi connectivity index (χ3v) is 5.93. The molecule has 0 aromatic carbocycles. The Hall–Kier alpha value is -0.710. The lowest BCUT2D eigenvalue weighted by Gasteiger charge is -2.18. The minimum atomic E-state index is -3.92. The number of carbonyl (C=O) groups excluding carboxylic acids is 1. The van der Waals surface area contributed by atoms with Gasteiger partial charge in [-0.3, -0.25) is 4.79 Å². The summed E-state index contributed by atoms with van der Waals surface area (Å²) < 4.78 is 25.1. The van der Waals surface area contributed by atoms with E-state index in [-0.39, 0.29) is 40.4 Å². The molecule has 108 valence electrons. The highest BCUT2D eigenvalue weighted by molar-refractivity contribution is 7.91. The van der Waals surface area contributed by atoms with Crippen molar-refractivity contribution < 1.29 is 23.4 Å². The van der Waals surface area contributed by atoms with Gasteiger partial charge >= 0.3 is 0 Å². The number of nitrogens with zero attached hydrogens (tertiary/aromatic N) is 1. The van der Waals surface area contributed by atoms with Gasteiger partial charge < -0.3 is 15.9 Å². The van der Waals surface area contributed by atoms with Gasteiger partial charge in [-0.2, -0.15) is 4.31 Å². The lowest BCUT2D eigenvalue weighted by atomic mass is 10.3. The monoisotopic (exact) mass is 328 g/mol. The number of primary amides is 1. The summed E-state index contributed by atoms with van der Waals surface area (Å²) in [6.45, 7) is -1.10. The van der Waals surface area contributed by atoms with Crippen molar-refractivity contribution in [1.82, 2.24) is 4.31 Å². The first kappa shape index (κ1) is 16.3. The minimum Gasteiger partial charge on any atom is -0.395 e. The van der Waals surface area contributed by atoms with Crippen LogP contribution in [0.3, 0.4) is 0 Å². The van der Waals surface area contributed by atoms with Crippen LogP contribution in [-0.2, 0) is 10.0 Å². The number of hydrogen-bond acceptors (Lipinski definition) is 6. The molecule has 0 saturated heterocycles. The van der Waals surface area contributed by atoms with E-state index in [9.17, 15) is 13.2 Å². The number of hydrogen-bond donors (Lipinski definition) is 3. The molecule has 10 heteroatoms. The molecule has 0 unspecified atom stereocenters. The molecule has 0 aliphatic heterocycles. The minimum absolute atomic E-state index is 0.0148. The molecule has 0 aliphatic carbocycles. The average molecular weight is 329 g/mol. The van der Waals surface area contributed by atoms with Gasteiger partial charge in [-0.05, 0) is 6.07 Å². The van der Waals surface area contributed by atoms with Crippen LogP contribution in [0.4, 0.5) is 0 Å². The van der Waals surface area contributed by atoms with Gasteiger partial charge in [0.2, 0.25) is 0 Å². The Morgan fingerprint density at radius 3 is 2.26 bits per heavy atom. The Morgan fingerprint density at radius 1 is 1.37 bits per heavy atom. The maximum Gasteiger partial charge on any atom is 0.252 e. The van der Waals surface area contributed by atoms with E-state index < -0.39 is 15.9 Å². The number of sulfonamides is 1. The topological polar surface area (TPSA) is 121 Å². The highest BCUT2D eigenvalue weighted by Gasteiger charge is 2.27. The van der Waals surface area contributed by atoms with Gasteiger partial charge in [0.15, 0.2) is 0 Å². The fraction of sp³-hybridized carbons (Fsp3) is 0.444. The molecule has 0 bridgehead atoms. The molecule has 0 radical (unpaired) electrons. The smallest absolute Gasteiger partial charge is 0.252 e. The van der Waals surface area contributed by atoms with E-state index in [1.165, 1.54) is 0 Å². The summed E-state index contributed by atoms with van der Waals surface area (Å²) in [5.41, 5.74) is 4.99. The normalized spacial score (nSPS) is 12.0. The molecular formula is C9H13ClN2O5S2. The Balaban J connectivity index is 3.17. The van der Waals surface area contributed by atoms with Crippen LogP contribution in [0.25, 0.3) is 0 Å². The van der Waals surface area contributed by atoms with Crippen molar-refractivity contribution in [3.63, 3.8) is 0 Å². The largest absolute Gasteiger partial charge is 0.395 e. The molecule has 1 heterocycles. The molecule has 0 spiro atoms. The second-order valence-electron chi connectivity index (χ2n) is 3.47. The fourth-order valence-corrected chi connectivity index (χ4v) is 4.65. The maximum atomic E-state index is 12.2. The van der Waals surface area contributed by atoms with E-state index in [1.807, 2.05) is 0 Å². The van der Waals surface area contributed by atoms with E-state index in [2.05, 4.69) is 0 Å². The van der Waals surface area contributed by atoms with Crippen LogP contribution in [0.15, 0.2) is 10.3 Å². The molecule has 1 rings (SSSR count). The van der Waals surface area contributed by atoms with Crippen LogP contribution in [0.2, 0.25) is 4.34 Å². The Kier molecular flexibility index (Phi) is 5.71. The number of aliphatic hydroxyl groups is 2. The van der Waals surface area contributed by atoms with Crippen LogP contribution >= 0.6 is 22.9 Å². The number of amides is 1. The summed E-state index contributed by atoms with van der Waals surface area (Å²) >= 11 is 6.44. The average Bonchev–Trinajstić information content (AvgIpc) is 2.72. The molecular weight excluding hydrogens is 316 g/mol. The first-order chi connectivity index (χ1) is 8.84. The molecule has 0 fully saturated rings. The van der Waals surface area contributed by atoms with Crippen molar-refractivity contribution in [2.24, 2.45) is 5.73 Å². The Bertz CT molecular complexity index is 551. The van der Waals surface area contributed by atoms with Gasteiger partial charge in [-0.15, -0.1) is 11.3 Å². The van der Waals surface area contributed by atoms with Gasteiger partial charge in [0.05, 0.1) is 18.8 Å². The second kappa shape index (κ2) is 6.64. The van der Waals surface area contributed by atoms with Crippen molar-refractivity contribution in [1.29, 1.82) is 0 Å².